The first-order valence-electron chi connectivity index (χ1n) is 9.41. The zero-order chi connectivity index (χ0) is 22.2. The molecule has 0 bridgehead atoms. The highest BCUT2D eigenvalue weighted by Gasteiger charge is 2.25. The van der Waals surface area contributed by atoms with E-state index in [0.29, 0.717) is 38.5 Å². The number of esters is 1. The summed E-state index contributed by atoms with van der Waals surface area (Å²) in [4.78, 5) is 25.8. The van der Waals surface area contributed by atoms with E-state index in [4.69, 9.17) is 21.1 Å². The molecule has 3 rings (SSSR count). The molecule has 0 saturated heterocycles. The van der Waals surface area contributed by atoms with Gasteiger partial charge in [0.2, 0.25) is 0 Å². The molecule has 0 amide bonds. The number of carbonyl (C=O) groups excluding carboxylic acids is 2. The highest BCUT2D eigenvalue weighted by molar-refractivity contribution is 6.33. The molecule has 30 heavy (non-hydrogen) atoms. The largest absolute Gasteiger partial charge is 0.495 e. The van der Waals surface area contributed by atoms with Crippen LogP contribution in [0, 0.1) is 12.7 Å². The number of carbonyl (C=O) groups is 2. The third kappa shape index (κ3) is 4.33. The van der Waals surface area contributed by atoms with Crippen molar-refractivity contribution in [3.8, 4) is 5.75 Å². The molecule has 3 aromatic rings. The Morgan fingerprint density at radius 2 is 1.77 bits per heavy atom. The average molecular weight is 432 g/mol. The van der Waals surface area contributed by atoms with Gasteiger partial charge in [-0.05, 0) is 69.7 Å². The molecule has 0 atom stereocenters. The van der Waals surface area contributed by atoms with Gasteiger partial charge in [-0.2, -0.15) is 0 Å². The summed E-state index contributed by atoms with van der Waals surface area (Å²) >= 11 is 6.31. The molecule has 158 valence electrons. The number of hydrogen-bond donors (Lipinski definition) is 0. The van der Waals surface area contributed by atoms with Crippen LogP contribution in [0.25, 0.3) is 10.9 Å². The van der Waals surface area contributed by atoms with E-state index in [9.17, 15) is 14.0 Å². The Balaban J connectivity index is 2.18. The normalized spacial score (nSPS) is 11.6. The number of benzene rings is 2. The number of rotatable bonds is 4. The van der Waals surface area contributed by atoms with Gasteiger partial charge in [0.25, 0.3) is 5.91 Å². The zero-order valence-electron chi connectivity index (χ0n) is 17.5. The van der Waals surface area contributed by atoms with E-state index in [1.54, 1.807) is 39.8 Å². The van der Waals surface area contributed by atoms with Gasteiger partial charge in [0.1, 0.15) is 17.2 Å². The molecule has 0 aliphatic rings. The zero-order valence-corrected chi connectivity index (χ0v) is 18.3. The molecule has 0 aliphatic carbocycles. The number of ether oxygens (including phenoxy) is 2. The molecule has 0 unspecified atom stereocenters. The Morgan fingerprint density at radius 1 is 1.13 bits per heavy atom. The van der Waals surface area contributed by atoms with Crippen molar-refractivity contribution in [2.45, 2.75) is 39.7 Å². The van der Waals surface area contributed by atoms with Crippen molar-refractivity contribution in [3.63, 3.8) is 0 Å². The summed E-state index contributed by atoms with van der Waals surface area (Å²) in [7, 11) is 1.49. The van der Waals surface area contributed by atoms with E-state index in [-0.39, 0.29) is 12.3 Å². The van der Waals surface area contributed by atoms with Gasteiger partial charge in [-0.15, -0.1) is 0 Å². The standard InChI is InChI=1S/C23H23ClFNO4/c1-13-16(11-21(27)30-23(2,3)4)17-10-20(29-5)18(24)12-19(17)26(13)22(28)14-6-8-15(25)9-7-14/h6-10,12H,11H2,1-5H3. The Labute approximate surface area is 179 Å². The van der Waals surface area contributed by atoms with Crippen LogP contribution in [-0.4, -0.2) is 29.2 Å². The fourth-order valence-electron chi connectivity index (χ4n) is 3.36. The van der Waals surface area contributed by atoms with Crippen LogP contribution < -0.4 is 4.74 Å². The summed E-state index contributed by atoms with van der Waals surface area (Å²) in [5.41, 5.74) is 1.44. The van der Waals surface area contributed by atoms with E-state index < -0.39 is 17.4 Å². The minimum atomic E-state index is -0.631. The highest BCUT2D eigenvalue weighted by atomic mass is 35.5. The molecular formula is C23H23ClFNO4. The van der Waals surface area contributed by atoms with Crippen LogP contribution >= 0.6 is 11.6 Å². The van der Waals surface area contributed by atoms with E-state index in [2.05, 4.69) is 0 Å². The summed E-state index contributed by atoms with van der Waals surface area (Å²) in [5.74, 6) is -0.762. The summed E-state index contributed by atoms with van der Waals surface area (Å²) < 4.78 is 25.6. The maximum atomic E-state index is 13.3. The predicted molar refractivity (Wildman–Crippen MR) is 114 cm³/mol. The SMILES string of the molecule is COc1cc2c(CC(=O)OC(C)(C)C)c(C)n(C(=O)c3ccc(F)cc3)c2cc1Cl. The molecule has 0 fully saturated rings. The van der Waals surface area contributed by atoms with Crippen LogP contribution in [0.4, 0.5) is 4.39 Å². The number of fused-ring (bicyclic) bond motifs is 1. The topological polar surface area (TPSA) is 57.5 Å². The van der Waals surface area contributed by atoms with Gasteiger partial charge in [-0.1, -0.05) is 11.6 Å². The van der Waals surface area contributed by atoms with Crippen molar-refractivity contribution in [2.75, 3.05) is 7.11 Å². The number of methoxy groups -OCH3 is 1. The van der Waals surface area contributed by atoms with E-state index in [0.717, 1.165) is 0 Å². The molecule has 1 heterocycles. The van der Waals surface area contributed by atoms with Crippen molar-refractivity contribution >= 4 is 34.4 Å². The maximum absolute atomic E-state index is 13.3. The Bertz CT molecular complexity index is 1130. The fraction of sp³-hybridized carbons (Fsp3) is 0.304. The molecular weight excluding hydrogens is 409 g/mol. The third-order valence-corrected chi connectivity index (χ3v) is 4.94. The Kier molecular flexibility index (Phi) is 5.90. The van der Waals surface area contributed by atoms with Gasteiger partial charge in [-0.3, -0.25) is 14.2 Å². The van der Waals surface area contributed by atoms with Gasteiger partial charge >= 0.3 is 5.97 Å². The number of nitrogens with zero attached hydrogens (tertiary/aromatic N) is 1. The highest BCUT2D eigenvalue weighted by Crippen LogP contribution is 2.35. The smallest absolute Gasteiger partial charge is 0.310 e. The van der Waals surface area contributed by atoms with Crippen LogP contribution in [0.1, 0.15) is 42.4 Å². The lowest BCUT2D eigenvalue weighted by molar-refractivity contribution is -0.153. The molecule has 5 nitrogen and oxygen atoms in total. The lowest BCUT2D eigenvalue weighted by Crippen LogP contribution is -2.25. The number of halogens is 2. The van der Waals surface area contributed by atoms with Gasteiger partial charge in [-0.25, -0.2) is 4.39 Å². The van der Waals surface area contributed by atoms with E-state index in [1.807, 2.05) is 0 Å². The molecule has 7 heteroatoms. The monoisotopic (exact) mass is 431 g/mol. The maximum Gasteiger partial charge on any atom is 0.310 e. The molecule has 0 saturated carbocycles. The van der Waals surface area contributed by atoms with Gasteiger partial charge in [0.15, 0.2) is 0 Å². The lowest BCUT2D eigenvalue weighted by Gasteiger charge is -2.19. The average Bonchev–Trinajstić information content (AvgIpc) is 2.90. The Morgan fingerprint density at radius 3 is 2.33 bits per heavy atom. The van der Waals surface area contributed by atoms with Gasteiger partial charge in [0, 0.05) is 16.6 Å². The molecule has 0 aliphatic heterocycles. The minimum Gasteiger partial charge on any atom is -0.495 e. The second-order valence-electron chi connectivity index (χ2n) is 7.98. The lowest BCUT2D eigenvalue weighted by atomic mass is 10.1. The molecule has 0 N–H and O–H groups in total. The molecule has 0 spiro atoms. The third-order valence-electron chi connectivity index (χ3n) is 4.64. The summed E-state index contributed by atoms with van der Waals surface area (Å²) in [6.45, 7) is 7.13. The van der Waals surface area contributed by atoms with Crippen LogP contribution in [0.15, 0.2) is 36.4 Å². The van der Waals surface area contributed by atoms with Crippen LogP contribution in [0.3, 0.4) is 0 Å². The number of hydrogen-bond acceptors (Lipinski definition) is 4. The fourth-order valence-corrected chi connectivity index (χ4v) is 3.60. The summed E-state index contributed by atoms with van der Waals surface area (Å²) in [6.07, 6.45) is -0.0198. The van der Waals surface area contributed by atoms with E-state index >= 15 is 0 Å². The number of aromatic nitrogens is 1. The molecule has 1 aromatic heterocycles. The molecule has 2 aromatic carbocycles. The first-order chi connectivity index (χ1) is 14.0. The first kappa shape index (κ1) is 21.8. The predicted octanol–water partition coefficient (Wildman–Crippen LogP) is 5.32. The van der Waals surface area contributed by atoms with Crippen molar-refractivity contribution in [2.24, 2.45) is 0 Å². The quantitative estimate of drug-likeness (QED) is 0.524. The van der Waals surface area contributed by atoms with Crippen molar-refractivity contribution in [3.05, 3.63) is 64.1 Å². The first-order valence-corrected chi connectivity index (χ1v) is 9.79. The van der Waals surface area contributed by atoms with Crippen molar-refractivity contribution in [1.82, 2.24) is 4.57 Å². The summed E-state index contributed by atoms with van der Waals surface area (Å²) in [6, 6.07) is 8.63. The molecule has 0 radical (unpaired) electrons. The van der Waals surface area contributed by atoms with Crippen LogP contribution in [0.2, 0.25) is 5.02 Å². The Hall–Kier alpha value is -2.86. The van der Waals surface area contributed by atoms with E-state index in [1.165, 1.54) is 35.9 Å². The van der Waals surface area contributed by atoms with Crippen molar-refractivity contribution in [1.29, 1.82) is 0 Å². The second kappa shape index (κ2) is 8.11. The minimum absolute atomic E-state index is 0.0198. The summed E-state index contributed by atoms with van der Waals surface area (Å²) in [5, 5.41) is 0.995. The van der Waals surface area contributed by atoms with Crippen molar-refractivity contribution < 1.29 is 23.5 Å². The van der Waals surface area contributed by atoms with Crippen LogP contribution in [0.5, 0.6) is 5.75 Å². The van der Waals surface area contributed by atoms with Gasteiger partial charge < -0.3 is 9.47 Å². The van der Waals surface area contributed by atoms with Crippen LogP contribution in [-0.2, 0) is 16.0 Å². The second-order valence-corrected chi connectivity index (χ2v) is 8.39. The van der Waals surface area contributed by atoms with Gasteiger partial charge in [0.05, 0.1) is 24.1 Å².